The minimum Gasteiger partial charge on any atom is -0.496 e. The molecule has 1 aromatic carbocycles. The van der Waals surface area contributed by atoms with Crippen molar-refractivity contribution in [3.63, 3.8) is 0 Å². The van der Waals surface area contributed by atoms with Crippen LogP contribution in [-0.2, 0) is 16.1 Å². The van der Waals surface area contributed by atoms with Gasteiger partial charge in [0.2, 0.25) is 11.8 Å². The average molecular weight is 332 g/mol. The lowest BCUT2D eigenvalue weighted by molar-refractivity contribution is -0.134. The molecule has 5 nitrogen and oxygen atoms in total. The van der Waals surface area contributed by atoms with E-state index in [4.69, 9.17) is 4.74 Å². The highest BCUT2D eigenvalue weighted by molar-refractivity contribution is 5.79. The number of hydrogen-bond acceptors (Lipinski definition) is 3. The number of hydrogen-bond donors (Lipinski definition) is 1. The minimum absolute atomic E-state index is 0.00316. The molecule has 2 amide bonds. The van der Waals surface area contributed by atoms with Crippen molar-refractivity contribution in [3.05, 3.63) is 29.3 Å². The average Bonchev–Trinajstić information content (AvgIpc) is 2.59. The molecule has 5 heteroatoms. The van der Waals surface area contributed by atoms with Gasteiger partial charge in [-0.25, -0.2) is 0 Å². The standard InChI is InChI=1S/C19H28N2O3/c1-13(2)17-11-15(5-6-18(17)24-4)12-20-19(23)16-7-9-21(10-8-16)14(3)22/h5-6,11,13,16H,7-10,12H2,1-4H3,(H,20,23). The topological polar surface area (TPSA) is 58.6 Å². The highest BCUT2D eigenvalue weighted by atomic mass is 16.5. The predicted octanol–water partition coefficient (Wildman–Crippen LogP) is 2.69. The van der Waals surface area contributed by atoms with Crippen molar-refractivity contribution in [2.24, 2.45) is 5.92 Å². The second-order valence-electron chi connectivity index (χ2n) is 6.73. The Morgan fingerprint density at radius 3 is 2.50 bits per heavy atom. The van der Waals surface area contributed by atoms with E-state index in [2.05, 4.69) is 25.2 Å². The fourth-order valence-corrected chi connectivity index (χ4v) is 3.14. The Kier molecular flexibility index (Phi) is 6.23. The van der Waals surface area contributed by atoms with E-state index in [1.807, 2.05) is 17.0 Å². The van der Waals surface area contributed by atoms with E-state index < -0.39 is 0 Å². The summed E-state index contributed by atoms with van der Waals surface area (Å²) in [7, 11) is 1.68. The molecule has 1 aliphatic heterocycles. The molecule has 2 rings (SSSR count). The van der Waals surface area contributed by atoms with Crippen molar-refractivity contribution in [1.82, 2.24) is 10.2 Å². The van der Waals surface area contributed by atoms with Crippen LogP contribution in [0.1, 0.15) is 50.7 Å². The van der Waals surface area contributed by atoms with Crippen LogP contribution in [-0.4, -0.2) is 36.9 Å². The summed E-state index contributed by atoms with van der Waals surface area (Å²) >= 11 is 0. The number of ether oxygens (including phenoxy) is 1. The molecule has 1 aromatic rings. The zero-order valence-electron chi connectivity index (χ0n) is 15.1. The van der Waals surface area contributed by atoms with Gasteiger partial charge >= 0.3 is 0 Å². The van der Waals surface area contributed by atoms with Crippen molar-refractivity contribution < 1.29 is 14.3 Å². The van der Waals surface area contributed by atoms with E-state index in [0.717, 1.165) is 29.7 Å². The maximum Gasteiger partial charge on any atom is 0.223 e. The van der Waals surface area contributed by atoms with Crippen molar-refractivity contribution in [2.75, 3.05) is 20.2 Å². The number of carbonyl (C=O) groups excluding carboxylic acids is 2. The number of piperidine rings is 1. The number of carbonyl (C=O) groups is 2. The molecule has 24 heavy (non-hydrogen) atoms. The molecular weight excluding hydrogens is 304 g/mol. The fraction of sp³-hybridized carbons (Fsp3) is 0.579. The number of benzene rings is 1. The molecule has 1 fully saturated rings. The van der Waals surface area contributed by atoms with Crippen molar-refractivity contribution in [2.45, 2.75) is 46.1 Å². The van der Waals surface area contributed by atoms with Crippen LogP contribution >= 0.6 is 0 Å². The Labute approximate surface area is 144 Å². The van der Waals surface area contributed by atoms with Gasteiger partial charge < -0.3 is 15.0 Å². The summed E-state index contributed by atoms with van der Waals surface area (Å²) in [6, 6.07) is 6.05. The third-order valence-electron chi connectivity index (χ3n) is 4.69. The molecule has 0 bridgehead atoms. The molecule has 0 aromatic heterocycles. The zero-order valence-corrected chi connectivity index (χ0v) is 15.1. The summed E-state index contributed by atoms with van der Waals surface area (Å²) in [6.45, 7) is 7.71. The van der Waals surface area contributed by atoms with E-state index in [0.29, 0.717) is 25.6 Å². The molecule has 0 aliphatic carbocycles. The lowest BCUT2D eigenvalue weighted by Gasteiger charge is -2.30. The molecule has 0 spiro atoms. The smallest absolute Gasteiger partial charge is 0.223 e. The van der Waals surface area contributed by atoms with E-state index in [-0.39, 0.29) is 17.7 Å². The zero-order chi connectivity index (χ0) is 17.7. The molecule has 0 radical (unpaired) electrons. The minimum atomic E-state index is 0.00316. The van der Waals surface area contributed by atoms with Gasteiger partial charge in [0.1, 0.15) is 5.75 Å². The fourth-order valence-electron chi connectivity index (χ4n) is 3.14. The molecule has 1 saturated heterocycles. The first-order chi connectivity index (χ1) is 11.4. The molecule has 132 valence electrons. The summed E-state index contributed by atoms with van der Waals surface area (Å²) < 4.78 is 5.39. The largest absolute Gasteiger partial charge is 0.496 e. The molecule has 1 heterocycles. The maximum absolute atomic E-state index is 12.4. The van der Waals surface area contributed by atoms with Crippen molar-refractivity contribution in [1.29, 1.82) is 0 Å². The number of nitrogens with zero attached hydrogens (tertiary/aromatic N) is 1. The second-order valence-corrected chi connectivity index (χ2v) is 6.73. The third kappa shape index (κ3) is 4.49. The van der Waals surface area contributed by atoms with E-state index in [9.17, 15) is 9.59 Å². The molecule has 1 aliphatic rings. The highest BCUT2D eigenvalue weighted by Crippen LogP contribution is 2.27. The van der Waals surface area contributed by atoms with Gasteiger partial charge in [0.25, 0.3) is 0 Å². The number of rotatable bonds is 5. The van der Waals surface area contributed by atoms with Crippen LogP contribution in [0.25, 0.3) is 0 Å². The van der Waals surface area contributed by atoms with Crippen LogP contribution in [0.3, 0.4) is 0 Å². The molecule has 0 atom stereocenters. The number of nitrogens with one attached hydrogen (secondary N) is 1. The van der Waals surface area contributed by atoms with Crippen LogP contribution in [0, 0.1) is 5.92 Å². The monoisotopic (exact) mass is 332 g/mol. The number of methoxy groups -OCH3 is 1. The Hall–Kier alpha value is -2.04. The van der Waals surface area contributed by atoms with Crippen LogP contribution in [0.2, 0.25) is 0 Å². The van der Waals surface area contributed by atoms with Crippen LogP contribution in [0.4, 0.5) is 0 Å². The molecule has 0 unspecified atom stereocenters. The first-order valence-corrected chi connectivity index (χ1v) is 8.62. The van der Waals surface area contributed by atoms with Crippen LogP contribution in [0.15, 0.2) is 18.2 Å². The predicted molar refractivity (Wildman–Crippen MR) is 93.9 cm³/mol. The van der Waals surface area contributed by atoms with E-state index >= 15 is 0 Å². The summed E-state index contributed by atoms with van der Waals surface area (Å²) in [5, 5.41) is 3.03. The normalized spacial score (nSPS) is 15.5. The second kappa shape index (κ2) is 8.18. The Balaban J connectivity index is 1.90. The summed E-state index contributed by atoms with van der Waals surface area (Å²) in [5.41, 5.74) is 2.23. The number of amides is 2. The lowest BCUT2D eigenvalue weighted by Crippen LogP contribution is -2.42. The molecule has 0 saturated carbocycles. The lowest BCUT2D eigenvalue weighted by atomic mass is 9.95. The van der Waals surface area contributed by atoms with Crippen molar-refractivity contribution >= 4 is 11.8 Å². The van der Waals surface area contributed by atoms with Gasteiger partial charge in [-0.15, -0.1) is 0 Å². The highest BCUT2D eigenvalue weighted by Gasteiger charge is 2.25. The third-order valence-corrected chi connectivity index (χ3v) is 4.69. The summed E-state index contributed by atoms with van der Waals surface area (Å²) in [5.74, 6) is 1.43. The van der Waals surface area contributed by atoms with Crippen molar-refractivity contribution in [3.8, 4) is 5.75 Å². The molecule has 1 N–H and O–H groups in total. The Morgan fingerprint density at radius 1 is 1.29 bits per heavy atom. The van der Waals surface area contributed by atoms with Gasteiger partial charge in [-0.2, -0.15) is 0 Å². The van der Waals surface area contributed by atoms with Gasteiger partial charge in [-0.3, -0.25) is 9.59 Å². The van der Waals surface area contributed by atoms with Gasteiger partial charge in [0.15, 0.2) is 0 Å². The van der Waals surface area contributed by atoms with Gasteiger partial charge in [0.05, 0.1) is 7.11 Å². The first kappa shape index (κ1) is 18.3. The quantitative estimate of drug-likeness (QED) is 0.902. The van der Waals surface area contributed by atoms with E-state index in [1.165, 1.54) is 0 Å². The van der Waals surface area contributed by atoms with E-state index in [1.54, 1.807) is 14.0 Å². The summed E-state index contributed by atoms with van der Waals surface area (Å²) in [4.78, 5) is 25.5. The maximum atomic E-state index is 12.4. The van der Waals surface area contributed by atoms with Gasteiger partial charge in [-0.05, 0) is 36.0 Å². The SMILES string of the molecule is COc1ccc(CNC(=O)C2CCN(C(C)=O)CC2)cc1C(C)C. The van der Waals surface area contributed by atoms with Crippen LogP contribution < -0.4 is 10.1 Å². The van der Waals surface area contributed by atoms with Gasteiger partial charge in [0, 0.05) is 32.5 Å². The van der Waals surface area contributed by atoms with Crippen LogP contribution in [0.5, 0.6) is 5.75 Å². The van der Waals surface area contributed by atoms with Gasteiger partial charge in [-0.1, -0.05) is 26.0 Å². The first-order valence-electron chi connectivity index (χ1n) is 8.62. The summed E-state index contributed by atoms with van der Waals surface area (Å²) in [6.07, 6.45) is 1.48. The molecular formula is C19H28N2O3. The Bertz CT molecular complexity index is 590. The Morgan fingerprint density at radius 2 is 1.96 bits per heavy atom. The number of likely N-dealkylation sites (tertiary alicyclic amines) is 1.